The standard InChI is InChI=1S/C24H18F3N5OS/c1-32(17-8-3-2-4-9-17)21(24(25,26)27)18(13-28)22(33)30-16-7-5-6-15(12-16)23-31-19-10-11-29-14-20(19)34-23/h2-14,28H,1H3,(H,30,33)/b21-18+,28-13?. The highest BCUT2D eigenvalue weighted by Gasteiger charge is 2.41. The first-order chi connectivity index (χ1) is 16.3. The highest BCUT2D eigenvalue weighted by molar-refractivity contribution is 7.21. The molecule has 0 aliphatic carbocycles. The van der Waals surface area contributed by atoms with Crippen LogP contribution in [0.25, 0.3) is 20.8 Å². The molecule has 0 spiro atoms. The van der Waals surface area contributed by atoms with Crippen molar-refractivity contribution in [2.75, 3.05) is 17.3 Å². The maximum Gasteiger partial charge on any atom is 0.432 e. The number of alkyl halides is 3. The number of fused-ring (bicyclic) bond motifs is 1. The van der Waals surface area contributed by atoms with Gasteiger partial charge in [-0.15, -0.1) is 11.3 Å². The maximum absolute atomic E-state index is 14.0. The summed E-state index contributed by atoms with van der Waals surface area (Å²) < 4.78 is 42.8. The minimum absolute atomic E-state index is 0.231. The van der Waals surface area contributed by atoms with E-state index in [2.05, 4.69) is 15.3 Å². The molecule has 34 heavy (non-hydrogen) atoms. The first-order valence-electron chi connectivity index (χ1n) is 10.0. The predicted molar refractivity (Wildman–Crippen MR) is 128 cm³/mol. The highest BCUT2D eigenvalue weighted by Crippen LogP contribution is 2.34. The second kappa shape index (κ2) is 9.44. The third-order valence-electron chi connectivity index (χ3n) is 4.95. The molecule has 0 atom stereocenters. The zero-order chi connectivity index (χ0) is 24.3. The van der Waals surface area contributed by atoms with Crippen LogP contribution in [-0.4, -0.2) is 35.3 Å². The van der Waals surface area contributed by atoms with Gasteiger partial charge in [0.25, 0.3) is 5.91 Å². The van der Waals surface area contributed by atoms with Crippen LogP contribution in [0.1, 0.15) is 0 Å². The molecule has 2 aromatic heterocycles. The first kappa shape index (κ1) is 23.1. The Kier molecular flexibility index (Phi) is 6.42. The summed E-state index contributed by atoms with van der Waals surface area (Å²) in [5, 5.41) is 10.7. The van der Waals surface area contributed by atoms with Crippen LogP contribution in [0.4, 0.5) is 24.5 Å². The van der Waals surface area contributed by atoms with Gasteiger partial charge in [-0.25, -0.2) is 4.98 Å². The number of carbonyl (C=O) groups excluding carboxylic acids is 1. The zero-order valence-electron chi connectivity index (χ0n) is 17.8. The van der Waals surface area contributed by atoms with Gasteiger partial charge in [-0.1, -0.05) is 30.3 Å². The number of halogens is 3. The molecule has 10 heteroatoms. The number of amides is 1. The molecule has 0 radical (unpaired) electrons. The Hall–Kier alpha value is -4.05. The van der Waals surface area contributed by atoms with Gasteiger partial charge in [0.05, 0.1) is 15.8 Å². The quantitative estimate of drug-likeness (QED) is 0.265. The van der Waals surface area contributed by atoms with Crippen LogP contribution in [0.15, 0.2) is 84.3 Å². The number of aromatic nitrogens is 2. The number of nitrogens with zero attached hydrogens (tertiary/aromatic N) is 3. The molecule has 0 saturated carbocycles. The molecule has 2 aromatic carbocycles. The number of thiazole rings is 1. The predicted octanol–water partition coefficient (Wildman–Crippen LogP) is 5.90. The summed E-state index contributed by atoms with van der Waals surface area (Å²) in [6.45, 7) is 0. The fourth-order valence-electron chi connectivity index (χ4n) is 3.38. The Morgan fingerprint density at radius 1 is 1.12 bits per heavy atom. The van der Waals surface area contributed by atoms with E-state index in [-0.39, 0.29) is 11.4 Å². The van der Waals surface area contributed by atoms with Gasteiger partial charge < -0.3 is 15.6 Å². The van der Waals surface area contributed by atoms with Crippen molar-refractivity contribution in [1.29, 1.82) is 5.41 Å². The molecule has 4 aromatic rings. The number of anilines is 2. The van der Waals surface area contributed by atoms with E-state index in [1.807, 2.05) is 0 Å². The van der Waals surface area contributed by atoms with Crippen LogP contribution in [-0.2, 0) is 4.79 Å². The molecule has 4 rings (SSSR count). The normalized spacial score (nSPS) is 12.2. The maximum atomic E-state index is 14.0. The summed E-state index contributed by atoms with van der Waals surface area (Å²) in [5.74, 6) is -1.05. The third-order valence-corrected chi connectivity index (χ3v) is 6.01. The number of carbonyl (C=O) groups is 1. The van der Waals surface area contributed by atoms with E-state index < -0.39 is 23.4 Å². The molecular formula is C24H18F3N5OS. The fourth-order valence-corrected chi connectivity index (χ4v) is 4.31. The molecule has 0 unspecified atom stereocenters. The van der Waals surface area contributed by atoms with Crippen molar-refractivity contribution in [3.8, 4) is 10.6 Å². The number of allylic oxidation sites excluding steroid dienone is 1. The molecule has 0 aliphatic rings. The number of nitrogens with one attached hydrogen (secondary N) is 2. The molecule has 1 amide bonds. The fraction of sp³-hybridized carbons (Fsp3) is 0.0833. The van der Waals surface area contributed by atoms with Gasteiger partial charge >= 0.3 is 6.18 Å². The Balaban J connectivity index is 1.67. The molecule has 0 aliphatic heterocycles. The molecule has 172 valence electrons. The molecule has 0 bridgehead atoms. The number of hydrogen-bond acceptors (Lipinski definition) is 6. The Morgan fingerprint density at radius 3 is 2.56 bits per heavy atom. The summed E-state index contributed by atoms with van der Waals surface area (Å²) in [6.07, 6.45) is -1.11. The van der Waals surface area contributed by atoms with Gasteiger partial charge in [0.1, 0.15) is 10.7 Å². The van der Waals surface area contributed by atoms with Crippen LogP contribution >= 0.6 is 11.3 Å². The van der Waals surface area contributed by atoms with Crippen molar-refractivity contribution >= 4 is 45.0 Å². The number of hydrogen-bond donors (Lipinski definition) is 2. The third kappa shape index (κ3) is 4.81. The molecular weight excluding hydrogens is 463 g/mol. The number of pyridine rings is 1. The van der Waals surface area contributed by atoms with Crippen molar-refractivity contribution in [1.82, 2.24) is 9.97 Å². The lowest BCUT2D eigenvalue weighted by atomic mass is 10.1. The molecule has 0 fully saturated rings. The summed E-state index contributed by atoms with van der Waals surface area (Å²) >= 11 is 1.41. The Morgan fingerprint density at radius 2 is 1.88 bits per heavy atom. The number of para-hydroxylation sites is 1. The second-order valence-electron chi connectivity index (χ2n) is 7.20. The highest BCUT2D eigenvalue weighted by atomic mass is 32.1. The minimum Gasteiger partial charge on any atom is -0.340 e. The van der Waals surface area contributed by atoms with Crippen LogP contribution in [0, 0.1) is 5.41 Å². The number of rotatable bonds is 6. The van der Waals surface area contributed by atoms with Crippen LogP contribution in [0.2, 0.25) is 0 Å². The van der Waals surface area contributed by atoms with Crippen LogP contribution < -0.4 is 10.2 Å². The first-order valence-corrected chi connectivity index (χ1v) is 10.8. The van der Waals surface area contributed by atoms with E-state index in [4.69, 9.17) is 5.41 Å². The average molecular weight is 482 g/mol. The van der Waals surface area contributed by atoms with Crippen LogP contribution in [0.3, 0.4) is 0 Å². The minimum atomic E-state index is -4.87. The zero-order valence-corrected chi connectivity index (χ0v) is 18.6. The SMILES string of the molecule is CN(/C(=C(\C=N)C(=O)Nc1cccc(-c2nc3ccncc3s2)c1)C(F)(F)F)c1ccccc1. The lowest BCUT2D eigenvalue weighted by molar-refractivity contribution is -0.114. The van der Waals surface area contributed by atoms with Crippen molar-refractivity contribution < 1.29 is 18.0 Å². The van der Waals surface area contributed by atoms with E-state index >= 15 is 0 Å². The van der Waals surface area contributed by atoms with Gasteiger partial charge in [-0.3, -0.25) is 9.78 Å². The van der Waals surface area contributed by atoms with Crippen molar-refractivity contribution in [2.45, 2.75) is 6.18 Å². The van der Waals surface area contributed by atoms with Gasteiger partial charge in [0, 0.05) is 42.6 Å². The van der Waals surface area contributed by atoms with Crippen LogP contribution in [0.5, 0.6) is 0 Å². The van der Waals surface area contributed by atoms with Gasteiger partial charge in [0.2, 0.25) is 0 Å². The van der Waals surface area contributed by atoms with Gasteiger partial charge in [0.15, 0.2) is 0 Å². The van der Waals surface area contributed by atoms with Crippen molar-refractivity contribution in [3.05, 3.63) is 84.3 Å². The average Bonchev–Trinajstić information content (AvgIpc) is 3.26. The van der Waals surface area contributed by atoms with Crippen molar-refractivity contribution in [3.63, 3.8) is 0 Å². The van der Waals surface area contributed by atoms with E-state index in [0.717, 1.165) is 15.1 Å². The smallest absolute Gasteiger partial charge is 0.340 e. The van der Waals surface area contributed by atoms with Crippen molar-refractivity contribution in [2.24, 2.45) is 0 Å². The van der Waals surface area contributed by atoms with Gasteiger partial charge in [-0.05, 0) is 30.3 Å². The monoisotopic (exact) mass is 481 g/mol. The van der Waals surface area contributed by atoms with E-state index in [1.165, 1.54) is 30.5 Å². The largest absolute Gasteiger partial charge is 0.432 e. The lowest BCUT2D eigenvalue weighted by Crippen LogP contribution is -2.33. The topological polar surface area (TPSA) is 82.0 Å². The number of benzene rings is 2. The molecule has 6 nitrogen and oxygen atoms in total. The lowest BCUT2D eigenvalue weighted by Gasteiger charge is -2.26. The summed E-state index contributed by atoms with van der Waals surface area (Å²) in [4.78, 5) is 22.3. The summed E-state index contributed by atoms with van der Waals surface area (Å²) in [6, 6.07) is 16.3. The van der Waals surface area contributed by atoms with Gasteiger partial charge in [-0.2, -0.15) is 13.2 Å². The second-order valence-corrected chi connectivity index (χ2v) is 8.23. The Labute approximate surface area is 196 Å². The Bertz CT molecular complexity index is 1350. The van der Waals surface area contributed by atoms with E-state index in [1.54, 1.807) is 60.9 Å². The molecule has 0 saturated heterocycles. The summed E-state index contributed by atoms with van der Waals surface area (Å²) in [5.41, 5.74) is -0.0668. The molecule has 2 heterocycles. The summed E-state index contributed by atoms with van der Waals surface area (Å²) in [7, 11) is 1.21. The molecule has 2 N–H and O–H groups in total. The van der Waals surface area contributed by atoms with E-state index in [0.29, 0.717) is 16.8 Å². The van der Waals surface area contributed by atoms with E-state index in [9.17, 15) is 18.0 Å².